The molecule has 6 nitrogen and oxygen atoms in total. The SMILES string of the molecule is CC[C@@H]([NH2+]CC(=O)Nc1ccc([N+](=O)[O-])cc1C)c1ccc(Br)cc1. The van der Waals surface area contributed by atoms with E-state index in [9.17, 15) is 14.9 Å². The van der Waals surface area contributed by atoms with Crippen LogP contribution in [0.5, 0.6) is 0 Å². The van der Waals surface area contributed by atoms with Gasteiger partial charge in [0.2, 0.25) is 0 Å². The fourth-order valence-electron chi connectivity index (χ4n) is 2.60. The first kappa shape index (κ1) is 19.1. The summed E-state index contributed by atoms with van der Waals surface area (Å²) in [6.07, 6.45) is 0.908. The number of nitro benzene ring substituents is 1. The average molecular weight is 407 g/mol. The first-order chi connectivity index (χ1) is 11.9. The molecule has 0 aromatic heterocycles. The third-order valence-corrected chi connectivity index (χ3v) is 4.55. The lowest BCUT2D eigenvalue weighted by atomic mass is 10.0. The lowest BCUT2D eigenvalue weighted by molar-refractivity contribution is -0.686. The maximum atomic E-state index is 12.2. The Hall–Kier alpha value is -2.25. The van der Waals surface area contributed by atoms with Crippen molar-refractivity contribution in [3.05, 3.63) is 68.2 Å². The lowest BCUT2D eigenvalue weighted by Gasteiger charge is -2.14. The summed E-state index contributed by atoms with van der Waals surface area (Å²) < 4.78 is 1.03. The predicted octanol–water partition coefficient (Wildman–Crippen LogP) is 3.32. The van der Waals surface area contributed by atoms with E-state index >= 15 is 0 Å². The molecule has 25 heavy (non-hydrogen) atoms. The fourth-order valence-corrected chi connectivity index (χ4v) is 2.86. The van der Waals surface area contributed by atoms with E-state index in [-0.39, 0.29) is 24.2 Å². The largest absolute Gasteiger partial charge is 0.332 e. The Morgan fingerprint density at radius 3 is 2.52 bits per heavy atom. The minimum Gasteiger partial charge on any atom is -0.332 e. The Balaban J connectivity index is 1.95. The summed E-state index contributed by atoms with van der Waals surface area (Å²) in [7, 11) is 0. The number of halogens is 1. The molecule has 0 fully saturated rings. The fraction of sp³-hybridized carbons (Fsp3) is 0.278. The molecule has 0 aliphatic carbocycles. The number of rotatable bonds is 7. The molecule has 0 saturated carbocycles. The minimum absolute atomic E-state index is 0.0170. The Labute approximate surface area is 154 Å². The quantitative estimate of drug-likeness (QED) is 0.545. The number of non-ortho nitro benzene ring substituents is 1. The molecule has 1 amide bonds. The van der Waals surface area contributed by atoms with Crippen molar-refractivity contribution in [1.82, 2.24) is 0 Å². The van der Waals surface area contributed by atoms with Gasteiger partial charge in [-0.1, -0.05) is 35.0 Å². The van der Waals surface area contributed by atoms with Crippen LogP contribution < -0.4 is 10.6 Å². The number of hydrogen-bond donors (Lipinski definition) is 2. The number of hydrogen-bond acceptors (Lipinski definition) is 3. The van der Waals surface area contributed by atoms with E-state index in [0.29, 0.717) is 11.3 Å². The first-order valence-corrected chi connectivity index (χ1v) is 8.83. The van der Waals surface area contributed by atoms with Crippen molar-refractivity contribution in [2.24, 2.45) is 0 Å². The first-order valence-electron chi connectivity index (χ1n) is 8.04. The molecular weight excluding hydrogens is 386 g/mol. The number of quaternary nitrogens is 1. The van der Waals surface area contributed by atoms with Gasteiger partial charge >= 0.3 is 0 Å². The minimum atomic E-state index is -0.448. The molecule has 3 N–H and O–H groups in total. The zero-order valence-corrected chi connectivity index (χ0v) is 15.7. The van der Waals surface area contributed by atoms with E-state index < -0.39 is 4.92 Å². The van der Waals surface area contributed by atoms with Crippen LogP contribution in [0.25, 0.3) is 0 Å². The lowest BCUT2D eigenvalue weighted by Crippen LogP contribution is -2.87. The van der Waals surface area contributed by atoms with Crippen LogP contribution in [0, 0.1) is 17.0 Å². The van der Waals surface area contributed by atoms with Crippen LogP contribution in [0.4, 0.5) is 11.4 Å². The van der Waals surface area contributed by atoms with E-state index in [1.54, 1.807) is 13.0 Å². The number of aryl methyl sites for hydroxylation is 1. The number of anilines is 1. The number of carbonyl (C=O) groups excluding carboxylic acids is 1. The molecule has 0 unspecified atom stereocenters. The van der Waals surface area contributed by atoms with E-state index in [1.807, 2.05) is 29.6 Å². The van der Waals surface area contributed by atoms with Crippen molar-refractivity contribution >= 4 is 33.2 Å². The number of nitro groups is 1. The van der Waals surface area contributed by atoms with Crippen molar-refractivity contribution in [2.45, 2.75) is 26.3 Å². The third-order valence-electron chi connectivity index (χ3n) is 4.02. The van der Waals surface area contributed by atoms with E-state index in [4.69, 9.17) is 0 Å². The van der Waals surface area contributed by atoms with Gasteiger partial charge in [-0.3, -0.25) is 14.9 Å². The third kappa shape index (κ3) is 5.37. The summed E-state index contributed by atoms with van der Waals surface area (Å²) in [5, 5.41) is 15.6. The maximum absolute atomic E-state index is 12.2. The van der Waals surface area contributed by atoms with Gasteiger partial charge in [0.25, 0.3) is 11.6 Å². The normalized spacial score (nSPS) is 11.8. The summed E-state index contributed by atoms with van der Waals surface area (Å²) in [5.41, 5.74) is 2.46. The topological polar surface area (TPSA) is 88.8 Å². The van der Waals surface area contributed by atoms with Gasteiger partial charge in [0.05, 0.1) is 4.92 Å². The summed E-state index contributed by atoms with van der Waals surface area (Å²) in [4.78, 5) is 22.5. The van der Waals surface area contributed by atoms with Crippen LogP contribution in [0.15, 0.2) is 46.9 Å². The zero-order valence-electron chi connectivity index (χ0n) is 14.2. The highest BCUT2D eigenvalue weighted by molar-refractivity contribution is 9.10. The van der Waals surface area contributed by atoms with Crippen LogP contribution >= 0.6 is 15.9 Å². The number of nitrogens with zero attached hydrogens (tertiary/aromatic N) is 1. The van der Waals surface area contributed by atoms with Crippen LogP contribution in [-0.2, 0) is 4.79 Å². The molecule has 2 aromatic carbocycles. The van der Waals surface area contributed by atoms with Crippen molar-refractivity contribution in [3.8, 4) is 0 Å². The highest BCUT2D eigenvalue weighted by atomic mass is 79.9. The summed E-state index contributed by atoms with van der Waals surface area (Å²) in [6, 6.07) is 12.7. The molecule has 0 spiro atoms. The van der Waals surface area contributed by atoms with E-state index in [1.165, 1.54) is 17.7 Å². The van der Waals surface area contributed by atoms with Crippen molar-refractivity contribution < 1.29 is 15.0 Å². The zero-order chi connectivity index (χ0) is 18.4. The van der Waals surface area contributed by atoms with Crippen LogP contribution in [-0.4, -0.2) is 17.4 Å². The summed E-state index contributed by atoms with van der Waals surface area (Å²) >= 11 is 3.42. The second kappa shape index (κ2) is 8.73. The van der Waals surface area contributed by atoms with Crippen molar-refractivity contribution in [3.63, 3.8) is 0 Å². The molecule has 0 aliphatic heterocycles. The van der Waals surface area contributed by atoms with Gasteiger partial charge in [0.1, 0.15) is 6.04 Å². The molecule has 2 aromatic rings. The van der Waals surface area contributed by atoms with Crippen LogP contribution in [0.1, 0.15) is 30.5 Å². The van der Waals surface area contributed by atoms with Gasteiger partial charge < -0.3 is 10.6 Å². The van der Waals surface area contributed by atoms with Gasteiger partial charge in [0.15, 0.2) is 6.54 Å². The van der Waals surface area contributed by atoms with Crippen molar-refractivity contribution in [2.75, 3.05) is 11.9 Å². The number of nitrogens with one attached hydrogen (secondary N) is 1. The van der Waals surface area contributed by atoms with Crippen LogP contribution in [0.2, 0.25) is 0 Å². The van der Waals surface area contributed by atoms with E-state index in [0.717, 1.165) is 10.9 Å². The standard InChI is InChI=1S/C18H20BrN3O3/c1-3-16(13-4-6-14(19)7-5-13)20-11-18(23)21-17-9-8-15(22(24)25)10-12(17)2/h4-10,16,20H,3,11H2,1-2H3,(H,21,23)/p+1/t16-/m1/s1. The number of amides is 1. The molecule has 132 valence electrons. The molecule has 2 rings (SSSR count). The molecule has 0 bridgehead atoms. The molecule has 7 heteroatoms. The maximum Gasteiger partial charge on any atom is 0.279 e. The molecule has 1 atom stereocenters. The number of benzene rings is 2. The highest BCUT2D eigenvalue weighted by Crippen LogP contribution is 2.21. The van der Waals surface area contributed by atoms with E-state index in [2.05, 4.69) is 28.2 Å². The Morgan fingerprint density at radius 2 is 1.96 bits per heavy atom. The number of carbonyl (C=O) groups is 1. The smallest absolute Gasteiger partial charge is 0.279 e. The Morgan fingerprint density at radius 1 is 1.28 bits per heavy atom. The molecule has 0 heterocycles. The summed E-state index contributed by atoms with van der Waals surface area (Å²) in [6.45, 7) is 4.11. The molecule has 0 radical (unpaired) electrons. The van der Waals surface area contributed by atoms with Gasteiger partial charge in [-0.15, -0.1) is 0 Å². The second-order valence-corrected chi connectivity index (χ2v) is 6.73. The molecular formula is C18H21BrN3O3+. The second-order valence-electron chi connectivity index (χ2n) is 5.81. The Kier molecular flexibility index (Phi) is 6.66. The molecule has 0 saturated heterocycles. The highest BCUT2D eigenvalue weighted by Gasteiger charge is 2.16. The van der Waals surface area contributed by atoms with Gasteiger partial charge in [0, 0.05) is 34.3 Å². The monoisotopic (exact) mass is 406 g/mol. The predicted molar refractivity (Wildman–Crippen MR) is 100 cm³/mol. The van der Waals surface area contributed by atoms with Crippen LogP contribution in [0.3, 0.4) is 0 Å². The van der Waals surface area contributed by atoms with Gasteiger partial charge in [-0.2, -0.15) is 0 Å². The average Bonchev–Trinajstić information content (AvgIpc) is 2.58. The van der Waals surface area contributed by atoms with Gasteiger partial charge in [-0.05, 0) is 30.7 Å². The van der Waals surface area contributed by atoms with Crippen molar-refractivity contribution in [1.29, 1.82) is 0 Å². The van der Waals surface area contributed by atoms with Gasteiger partial charge in [-0.25, -0.2) is 0 Å². The Bertz CT molecular complexity index is 763. The molecule has 0 aliphatic rings. The summed E-state index contributed by atoms with van der Waals surface area (Å²) in [5.74, 6) is -0.132. The number of nitrogens with two attached hydrogens (primary N) is 1.